The van der Waals surface area contributed by atoms with Crippen LogP contribution in [0.4, 0.5) is 5.69 Å². The molecule has 0 aliphatic rings. The molecule has 0 aliphatic carbocycles. The number of benzene rings is 2. The van der Waals surface area contributed by atoms with Gasteiger partial charge in [-0.25, -0.2) is 0 Å². The molecule has 0 spiro atoms. The van der Waals surface area contributed by atoms with Gasteiger partial charge in [0.15, 0.2) is 0 Å². The number of aliphatic hydroxyl groups is 1. The minimum atomic E-state index is -0.487. The smallest absolute Gasteiger partial charge is 0.0962 e. The van der Waals surface area contributed by atoms with E-state index in [4.69, 9.17) is 0 Å². The van der Waals surface area contributed by atoms with E-state index in [-0.39, 0.29) is 0 Å². The molecule has 0 radical (unpaired) electrons. The average Bonchev–Trinajstić information content (AvgIpc) is 2.47. The van der Waals surface area contributed by atoms with E-state index in [0.29, 0.717) is 6.54 Å². The fourth-order valence-electron chi connectivity index (χ4n) is 2.30. The third-order valence-electron chi connectivity index (χ3n) is 3.80. The number of rotatable bonds is 5. The maximum Gasteiger partial charge on any atom is 0.0962 e. The van der Waals surface area contributed by atoms with Crippen LogP contribution in [0.1, 0.15) is 35.3 Å². The van der Waals surface area contributed by atoms with Gasteiger partial charge < -0.3 is 10.4 Å². The summed E-state index contributed by atoms with van der Waals surface area (Å²) in [6.45, 7) is 6.83. The van der Waals surface area contributed by atoms with Gasteiger partial charge in [0.1, 0.15) is 0 Å². The first-order valence-corrected chi connectivity index (χ1v) is 7.18. The Hall–Kier alpha value is -1.80. The van der Waals surface area contributed by atoms with Gasteiger partial charge in [-0.2, -0.15) is 0 Å². The molecule has 0 heterocycles. The lowest BCUT2D eigenvalue weighted by atomic mass is 10.0. The predicted molar refractivity (Wildman–Crippen MR) is 85.2 cm³/mol. The number of anilines is 1. The molecule has 0 aliphatic heterocycles. The summed E-state index contributed by atoms with van der Waals surface area (Å²) in [5.74, 6) is 0. The van der Waals surface area contributed by atoms with Crippen LogP contribution in [0.2, 0.25) is 0 Å². The van der Waals surface area contributed by atoms with Crippen LogP contribution < -0.4 is 5.32 Å². The largest absolute Gasteiger partial charge is 0.387 e. The third kappa shape index (κ3) is 3.40. The normalized spacial score (nSPS) is 12.2. The predicted octanol–water partition coefficient (Wildman–Crippen LogP) is 4.01. The average molecular weight is 269 g/mol. The van der Waals surface area contributed by atoms with Gasteiger partial charge in [0.05, 0.1) is 6.10 Å². The molecular weight excluding hydrogens is 246 g/mol. The summed E-state index contributed by atoms with van der Waals surface area (Å²) in [7, 11) is 0. The number of aryl methyl sites for hydroxylation is 3. The van der Waals surface area contributed by atoms with Gasteiger partial charge >= 0.3 is 0 Å². The Morgan fingerprint density at radius 1 is 1.05 bits per heavy atom. The summed E-state index contributed by atoms with van der Waals surface area (Å²) in [5.41, 5.74) is 5.83. The summed E-state index contributed by atoms with van der Waals surface area (Å²) in [4.78, 5) is 0. The highest BCUT2D eigenvalue weighted by atomic mass is 16.3. The number of hydrogen-bond donors (Lipinski definition) is 2. The fraction of sp³-hybridized carbons (Fsp3) is 0.333. The van der Waals surface area contributed by atoms with Gasteiger partial charge in [-0.05, 0) is 48.6 Å². The molecule has 0 saturated carbocycles. The molecule has 0 fully saturated rings. The van der Waals surface area contributed by atoms with Crippen LogP contribution in [-0.2, 0) is 6.42 Å². The topological polar surface area (TPSA) is 32.3 Å². The van der Waals surface area contributed by atoms with Crippen LogP contribution in [0.3, 0.4) is 0 Å². The van der Waals surface area contributed by atoms with Gasteiger partial charge in [0.25, 0.3) is 0 Å². The molecule has 0 saturated heterocycles. The number of nitrogens with one attached hydrogen (secondary N) is 1. The summed E-state index contributed by atoms with van der Waals surface area (Å²) < 4.78 is 0. The van der Waals surface area contributed by atoms with Gasteiger partial charge in [0.2, 0.25) is 0 Å². The summed E-state index contributed by atoms with van der Waals surface area (Å²) in [6.07, 6.45) is 0.502. The third-order valence-corrected chi connectivity index (χ3v) is 3.80. The second-order valence-corrected chi connectivity index (χ2v) is 5.25. The van der Waals surface area contributed by atoms with Crippen LogP contribution in [0, 0.1) is 13.8 Å². The minimum absolute atomic E-state index is 0.487. The molecule has 2 aromatic carbocycles. The van der Waals surface area contributed by atoms with Crippen molar-refractivity contribution < 1.29 is 5.11 Å². The van der Waals surface area contributed by atoms with Crippen LogP contribution in [0.25, 0.3) is 0 Å². The van der Waals surface area contributed by atoms with E-state index in [0.717, 1.165) is 17.7 Å². The second-order valence-electron chi connectivity index (χ2n) is 5.25. The lowest BCUT2D eigenvalue weighted by Gasteiger charge is -2.16. The molecule has 20 heavy (non-hydrogen) atoms. The standard InChI is InChI=1S/C18H23NO/c1-4-15-7-5-6-8-17(15)19-12-18(20)16-10-9-13(2)14(3)11-16/h5-11,18-20H,4,12H2,1-3H3. The second kappa shape index (κ2) is 6.58. The van der Waals surface area contributed by atoms with Crippen molar-refractivity contribution in [2.24, 2.45) is 0 Å². The van der Waals surface area contributed by atoms with Crippen molar-refractivity contribution in [3.05, 3.63) is 64.7 Å². The van der Waals surface area contributed by atoms with E-state index in [1.165, 1.54) is 16.7 Å². The highest BCUT2D eigenvalue weighted by molar-refractivity contribution is 5.51. The van der Waals surface area contributed by atoms with Crippen molar-refractivity contribution in [3.63, 3.8) is 0 Å². The Morgan fingerprint density at radius 2 is 1.80 bits per heavy atom. The lowest BCUT2D eigenvalue weighted by molar-refractivity contribution is 0.191. The molecule has 0 bridgehead atoms. The van der Waals surface area contributed by atoms with Crippen LogP contribution in [-0.4, -0.2) is 11.7 Å². The van der Waals surface area contributed by atoms with Gasteiger partial charge in [-0.1, -0.05) is 43.3 Å². The molecule has 2 heteroatoms. The Balaban J connectivity index is 2.04. The van der Waals surface area contributed by atoms with Crippen LogP contribution in [0.5, 0.6) is 0 Å². The molecule has 106 valence electrons. The van der Waals surface area contributed by atoms with E-state index in [1.807, 2.05) is 18.2 Å². The summed E-state index contributed by atoms with van der Waals surface area (Å²) in [6, 6.07) is 14.4. The maximum absolute atomic E-state index is 10.3. The van der Waals surface area contributed by atoms with Gasteiger partial charge in [-0.3, -0.25) is 0 Å². The van der Waals surface area contributed by atoms with Crippen molar-refractivity contribution in [3.8, 4) is 0 Å². The highest BCUT2D eigenvalue weighted by Crippen LogP contribution is 2.20. The first-order chi connectivity index (χ1) is 9.61. The first-order valence-electron chi connectivity index (χ1n) is 7.18. The molecule has 2 rings (SSSR count). The zero-order chi connectivity index (χ0) is 14.5. The Morgan fingerprint density at radius 3 is 2.50 bits per heavy atom. The van der Waals surface area contributed by atoms with Crippen molar-refractivity contribution in [2.45, 2.75) is 33.3 Å². The van der Waals surface area contributed by atoms with Crippen molar-refractivity contribution >= 4 is 5.69 Å². The zero-order valence-electron chi connectivity index (χ0n) is 12.5. The van der Waals surface area contributed by atoms with E-state index in [1.54, 1.807) is 0 Å². The van der Waals surface area contributed by atoms with Crippen molar-refractivity contribution in [1.82, 2.24) is 0 Å². The van der Waals surface area contributed by atoms with Crippen LogP contribution in [0.15, 0.2) is 42.5 Å². The minimum Gasteiger partial charge on any atom is -0.387 e. The molecule has 1 atom stereocenters. The molecule has 0 amide bonds. The number of hydrogen-bond acceptors (Lipinski definition) is 2. The first kappa shape index (κ1) is 14.6. The molecular formula is C18H23NO. The van der Waals surface area contributed by atoms with E-state index < -0.39 is 6.10 Å². The maximum atomic E-state index is 10.3. The Kier molecular flexibility index (Phi) is 4.80. The van der Waals surface area contributed by atoms with E-state index in [9.17, 15) is 5.11 Å². The summed E-state index contributed by atoms with van der Waals surface area (Å²) in [5, 5.41) is 13.6. The number of para-hydroxylation sites is 1. The molecule has 2 aromatic rings. The van der Waals surface area contributed by atoms with Crippen molar-refractivity contribution in [2.75, 3.05) is 11.9 Å². The van der Waals surface area contributed by atoms with Gasteiger partial charge in [0, 0.05) is 12.2 Å². The quantitative estimate of drug-likeness (QED) is 0.859. The number of aliphatic hydroxyl groups excluding tert-OH is 1. The van der Waals surface area contributed by atoms with Crippen LogP contribution >= 0.6 is 0 Å². The highest BCUT2D eigenvalue weighted by Gasteiger charge is 2.09. The zero-order valence-corrected chi connectivity index (χ0v) is 12.5. The van der Waals surface area contributed by atoms with Crippen molar-refractivity contribution in [1.29, 1.82) is 0 Å². The Bertz CT molecular complexity index is 577. The molecule has 2 nitrogen and oxygen atoms in total. The molecule has 0 aromatic heterocycles. The van der Waals surface area contributed by atoms with E-state index >= 15 is 0 Å². The molecule has 2 N–H and O–H groups in total. The monoisotopic (exact) mass is 269 g/mol. The SMILES string of the molecule is CCc1ccccc1NCC(O)c1ccc(C)c(C)c1. The Labute approximate surface area is 121 Å². The lowest BCUT2D eigenvalue weighted by Crippen LogP contribution is -2.13. The van der Waals surface area contributed by atoms with E-state index in [2.05, 4.69) is 50.4 Å². The fourth-order valence-corrected chi connectivity index (χ4v) is 2.30. The van der Waals surface area contributed by atoms with Gasteiger partial charge in [-0.15, -0.1) is 0 Å². The summed E-state index contributed by atoms with van der Waals surface area (Å²) >= 11 is 0. The molecule has 1 unspecified atom stereocenters.